The van der Waals surface area contributed by atoms with Crippen LogP contribution in [0.3, 0.4) is 0 Å². The van der Waals surface area contributed by atoms with E-state index in [1.165, 1.54) is 21.9 Å². The normalized spacial score (nSPS) is 11.3. The summed E-state index contributed by atoms with van der Waals surface area (Å²) in [5.41, 5.74) is 12.0. The third kappa shape index (κ3) is 4.39. The first-order valence-corrected chi connectivity index (χ1v) is 14.5. The van der Waals surface area contributed by atoms with E-state index in [1.807, 2.05) is 30.7 Å². The Morgan fingerprint density at radius 3 is 1.93 bits per heavy atom. The first kappa shape index (κ1) is 25.0. The number of hydrogen-bond acceptors (Lipinski definition) is 2. The van der Waals surface area contributed by atoms with Crippen LogP contribution < -0.4 is 0 Å². The molecule has 3 heteroatoms. The molecule has 0 fully saturated rings. The molecule has 2 heterocycles. The number of benzene rings is 6. The van der Waals surface area contributed by atoms with Crippen molar-refractivity contribution < 1.29 is 0 Å². The zero-order chi connectivity index (χ0) is 28.6. The van der Waals surface area contributed by atoms with E-state index in [9.17, 15) is 0 Å². The molecule has 43 heavy (non-hydrogen) atoms. The molecule has 0 N–H and O–H groups in total. The molecule has 3 nitrogen and oxygen atoms in total. The quantitative estimate of drug-likeness (QED) is 0.214. The molecule has 0 unspecified atom stereocenters. The van der Waals surface area contributed by atoms with Crippen molar-refractivity contribution in [2.24, 2.45) is 0 Å². The van der Waals surface area contributed by atoms with Crippen LogP contribution in [0.5, 0.6) is 0 Å². The van der Waals surface area contributed by atoms with Gasteiger partial charge in [0.05, 0.1) is 16.7 Å². The van der Waals surface area contributed by atoms with Crippen LogP contribution in [0.25, 0.3) is 72.1 Å². The Morgan fingerprint density at radius 2 is 1.14 bits per heavy atom. The number of nitrogens with zero attached hydrogens (tertiary/aromatic N) is 3. The number of rotatable bonds is 5. The molecule has 0 bridgehead atoms. The SMILES string of the molecule is c1ccc(-c2c(-c3ccc(-c4cccc5ccccc45)cc3)c(-c3ccccn3)cc3ncn(-c4ccccc4)c23)cc1. The standard InChI is InChI=1S/C40H27N3/c1-3-13-30(14-4-1)39-38(31-23-21-29(22-24-31)34-19-11-15-28-12-7-8-18-33(28)34)35(36-20-9-10-25-41-36)26-37-40(39)43(27-42-37)32-16-5-2-6-17-32/h1-27H. The summed E-state index contributed by atoms with van der Waals surface area (Å²) < 4.78 is 2.20. The number of pyridine rings is 1. The summed E-state index contributed by atoms with van der Waals surface area (Å²) in [5.74, 6) is 0. The topological polar surface area (TPSA) is 30.7 Å². The zero-order valence-corrected chi connectivity index (χ0v) is 23.4. The molecular formula is C40H27N3. The second kappa shape index (κ2) is 10.6. The van der Waals surface area contributed by atoms with Crippen molar-refractivity contribution in [1.82, 2.24) is 14.5 Å². The van der Waals surface area contributed by atoms with Gasteiger partial charge in [0.1, 0.15) is 6.33 Å². The summed E-state index contributed by atoms with van der Waals surface area (Å²) in [5, 5.41) is 2.50. The highest BCUT2D eigenvalue weighted by Gasteiger charge is 2.22. The molecule has 0 atom stereocenters. The van der Waals surface area contributed by atoms with Crippen LogP contribution in [0, 0.1) is 0 Å². The molecule has 0 amide bonds. The molecule has 0 saturated heterocycles. The fourth-order valence-electron chi connectivity index (χ4n) is 6.17. The van der Waals surface area contributed by atoms with E-state index in [0.29, 0.717) is 0 Å². The van der Waals surface area contributed by atoms with Crippen molar-refractivity contribution in [1.29, 1.82) is 0 Å². The number of fused-ring (bicyclic) bond motifs is 2. The monoisotopic (exact) mass is 549 g/mol. The fourth-order valence-corrected chi connectivity index (χ4v) is 6.17. The van der Waals surface area contributed by atoms with Crippen LogP contribution in [0.15, 0.2) is 164 Å². The van der Waals surface area contributed by atoms with E-state index in [-0.39, 0.29) is 0 Å². The molecule has 2 aromatic heterocycles. The van der Waals surface area contributed by atoms with Crippen LogP contribution in [0.2, 0.25) is 0 Å². The second-order valence-corrected chi connectivity index (χ2v) is 10.7. The van der Waals surface area contributed by atoms with Gasteiger partial charge in [0.25, 0.3) is 0 Å². The van der Waals surface area contributed by atoms with Gasteiger partial charge in [-0.1, -0.05) is 121 Å². The lowest BCUT2D eigenvalue weighted by Crippen LogP contribution is -1.98. The maximum atomic E-state index is 4.92. The number of hydrogen-bond donors (Lipinski definition) is 0. The zero-order valence-electron chi connectivity index (χ0n) is 23.4. The average molecular weight is 550 g/mol. The molecule has 8 aromatic rings. The minimum Gasteiger partial charge on any atom is -0.298 e. The van der Waals surface area contributed by atoms with Crippen molar-refractivity contribution in [3.8, 4) is 50.3 Å². The largest absolute Gasteiger partial charge is 0.298 e. The van der Waals surface area contributed by atoms with Gasteiger partial charge in [-0.05, 0) is 63.4 Å². The van der Waals surface area contributed by atoms with Gasteiger partial charge in [0.2, 0.25) is 0 Å². The highest BCUT2D eigenvalue weighted by atomic mass is 15.0. The van der Waals surface area contributed by atoms with Crippen molar-refractivity contribution >= 4 is 21.8 Å². The van der Waals surface area contributed by atoms with Crippen molar-refractivity contribution in [2.75, 3.05) is 0 Å². The Labute approximate surface area is 250 Å². The van der Waals surface area contributed by atoms with Crippen molar-refractivity contribution in [3.05, 3.63) is 164 Å². The lowest BCUT2D eigenvalue weighted by Gasteiger charge is -2.19. The molecule has 0 radical (unpaired) electrons. The predicted octanol–water partition coefficient (Wildman–Crippen LogP) is 10.2. The number of para-hydroxylation sites is 1. The molecule has 0 aliphatic heterocycles. The molecule has 202 valence electrons. The van der Waals surface area contributed by atoms with E-state index in [4.69, 9.17) is 9.97 Å². The van der Waals surface area contributed by atoms with Crippen LogP contribution in [0.4, 0.5) is 0 Å². The van der Waals surface area contributed by atoms with Gasteiger partial charge in [0, 0.05) is 28.6 Å². The first-order chi connectivity index (χ1) is 21.3. The van der Waals surface area contributed by atoms with Gasteiger partial charge >= 0.3 is 0 Å². The van der Waals surface area contributed by atoms with Gasteiger partial charge < -0.3 is 0 Å². The van der Waals surface area contributed by atoms with Crippen LogP contribution in [-0.2, 0) is 0 Å². The van der Waals surface area contributed by atoms with Crippen molar-refractivity contribution in [3.63, 3.8) is 0 Å². The molecule has 0 aliphatic rings. The third-order valence-electron chi connectivity index (χ3n) is 8.14. The van der Waals surface area contributed by atoms with Crippen molar-refractivity contribution in [2.45, 2.75) is 0 Å². The Hall–Kier alpha value is -5.80. The number of imidazole rings is 1. The Morgan fingerprint density at radius 1 is 0.465 bits per heavy atom. The van der Waals surface area contributed by atoms with Crippen LogP contribution in [0.1, 0.15) is 0 Å². The second-order valence-electron chi connectivity index (χ2n) is 10.7. The highest BCUT2D eigenvalue weighted by Crippen LogP contribution is 2.45. The van der Waals surface area contributed by atoms with Gasteiger partial charge in [0.15, 0.2) is 0 Å². The van der Waals surface area contributed by atoms with Gasteiger partial charge in [-0.3, -0.25) is 9.55 Å². The smallest absolute Gasteiger partial charge is 0.100 e. The summed E-state index contributed by atoms with van der Waals surface area (Å²) in [6.07, 6.45) is 3.79. The molecular weight excluding hydrogens is 522 g/mol. The number of aromatic nitrogens is 3. The maximum Gasteiger partial charge on any atom is 0.100 e. The molecule has 0 spiro atoms. The van der Waals surface area contributed by atoms with E-state index < -0.39 is 0 Å². The Balaban J connectivity index is 1.43. The minimum atomic E-state index is 0.920. The van der Waals surface area contributed by atoms with Gasteiger partial charge in [-0.25, -0.2) is 4.98 Å². The third-order valence-corrected chi connectivity index (χ3v) is 8.14. The Kier molecular flexibility index (Phi) is 6.12. The van der Waals surface area contributed by atoms with Crippen LogP contribution in [-0.4, -0.2) is 14.5 Å². The summed E-state index contributed by atoms with van der Waals surface area (Å²) >= 11 is 0. The summed E-state index contributed by atoms with van der Waals surface area (Å²) in [7, 11) is 0. The lowest BCUT2D eigenvalue weighted by atomic mass is 9.87. The maximum absolute atomic E-state index is 4.92. The molecule has 6 aromatic carbocycles. The van der Waals surface area contributed by atoms with E-state index >= 15 is 0 Å². The van der Waals surface area contributed by atoms with E-state index in [1.54, 1.807) is 0 Å². The van der Waals surface area contributed by atoms with Crippen LogP contribution >= 0.6 is 0 Å². The van der Waals surface area contributed by atoms with E-state index in [2.05, 4.69) is 138 Å². The Bertz CT molecular complexity index is 2190. The minimum absolute atomic E-state index is 0.920. The molecule has 0 aliphatic carbocycles. The lowest BCUT2D eigenvalue weighted by molar-refractivity contribution is 1.09. The molecule has 8 rings (SSSR count). The molecule has 0 saturated carbocycles. The average Bonchev–Trinajstić information content (AvgIpc) is 3.52. The fraction of sp³-hybridized carbons (Fsp3) is 0. The summed E-state index contributed by atoms with van der Waals surface area (Å²) in [4.78, 5) is 9.73. The van der Waals surface area contributed by atoms with E-state index in [0.717, 1.165) is 50.2 Å². The first-order valence-electron chi connectivity index (χ1n) is 14.5. The summed E-state index contributed by atoms with van der Waals surface area (Å²) in [6, 6.07) is 53.4. The predicted molar refractivity (Wildman–Crippen MR) is 178 cm³/mol. The highest BCUT2D eigenvalue weighted by molar-refractivity contribution is 6.08. The van der Waals surface area contributed by atoms with Gasteiger partial charge in [-0.15, -0.1) is 0 Å². The summed E-state index contributed by atoms with van der Waals surface area (Å²) in [6.45, 7) is 0. The van der Waals surface area contributed by atoms with Gasteiger partial charge in [-0.2, -0.15) is 0 Å².